The van der Waals surface area contributed by atoms with E-state index in [-0.39, 0.29) is 5.91 Å². The number of likely N-dealkylation sites (N-methyl/N-ethyl adjacent to an activating group) is 1. The molecule has 1 atom stereocenters. The van der Waals surface area contributed by atoms with E-state index in [0.29, 0.717) is 30.2 Å². The summed E-state index contributed by atoms with van der Waals surface area (Å²) in [6.07, 6.45) is 0. The van der Waals surface area contributed by atoms with Crippen LogP contribution in [0.4, 0.5) is 0 Å². The largest absolute Gasteiger partial charge is 0.493 e. The standard InChI is InChI=1S/C14H20ClNO3/c1-5-16(6-2)14(17)12(15)10-8-7-9-11(18-3)13(10)19-4/h7-9,12H,5-6H2,1-4H3. The van der Waals surface area contributed by atoms with Gasteiger partial charge in [-0.25, -0.2) is 0 Å². The first-order valence-corrected chi connectivity index (χ1v) is 6.68. The van der Waals surface area contributed by atoms with E-state index in [1.807, 2.05) is 13.8 Å². The molecule has 0 N–H and O–H groups in total. The van der Waals surface area contributed by atoms with Crippen LogP contribution in [-0.2, 0) is 4.79 Å². The molecule has 106 valence electrons. The summed E-state index contributed by atoms with van der Waals surface area (Å²) in [5.74, 6) is 0.946. The molecule has 19 heavy (non-hydrogen) atoms. The first-order chi connectivity index (χ1) is 9.10. The van der Waals surface area contributed by atoms with Crippen LogP contribution in [0.2, 0.25) is 0 Å². The van der Waals surface area contributed by atoms with E-state index in [1.54, 1.807) is 30.2 Å². The van der Waals surface area contributed by atoms with Crippen molar-refractivity contribution in [1.29, 1.82) is 0 Å². The predicted molar refractivity (Wildman–Crippen MR) is 76.1 cm³/mol. The van der Waals surface area contributed by atoms with Gasteiger partial charge in [-0.05, 0) is 19.9 Å². The molecular formula is C14H20ClNO3. The van der Waals surface area contributed by atoms with Crippen LogP contribution < -0.4 is 9.47 Å². The third-order valence-electron chi connectivity index (χ3n) is 3.00. The molecule has 4 nitrogen and oxygen atoms in total. The third kappa shape index (κ3) is 3.32. The average molecular weight is 286 g/mol. The lowest BCUT2D eigenvalue weighted by molar-refractivity contribution is -0.130. The Morgan fingerprint density at radius 1 is 1.26 bits per heavy atom. The van der Waals surface area contributed by atoms with Gasteiger partial charge in [0.2, 0.25) is 5.91 Å². The summed E-state index contributed by atoms with van der Waals surface area (Å²) in [6, 6.07) is 5.34. The topological polar surface area (TPSA) is 38.8 Å². The second-order valence-electron chi connectivity index (χ2n) is 3.96. The Bertz CT molecular complexity index is 433. The third-order valence-corrected chi connectivity index (χ3v) is 3.42. The minimum absolute atomic E-state index is 0.127. The van der Waals surface area contributed by atoms with E-state index >= 15 is 0 Å². The molecule has 1 aromatic carbocycles. The summed E-state index contributed by atoms with van der Waals surface area (Å²) in [5, 5.41) is -0.773. The molecule has 0 saturated carbocycles. The molecule has 1 aromatic rings. The molecule has 0 aliphatic carbocycles. The van der Waals surface area contributed by atoms with E-state index < -0.39 is 5.38 Å². The second kappa shape index (κ2) is 7.24. The number of halogens is 1. The first kappa shape index (κ1) is 15.6. The van der Waals surface area contributed by atoms with Crippen LogP contribution in [0, 0.1) is 0 Å². The zero-order valence-electron chi connectivity index (χ0n) is 11.8. The molecule has 0 bridgehead atoms. The van der Waals surface area contributed by atoms with Gasteiger partial charge in [-0.15, -0.1) is 11.6 Å². The summed E-state index contributed by atoms with van der Waals surface area (Å²) in [5.41, 5.74) is 0.625. The van der Waals surface area contributed by atoms with Gasteiger partial charge in [-0.1, -0.05) is 12.1 Å². The Labute approximate surface area is 119 Å². The summed E-state index contributed by atoms with van der Waals surface area (Å²) in [4.78, 5) is 14.0. The molecule has 0 fully saturated rings. The predicted octanol–water partition coefficient (Wildman–Crippen LogP) is 2.85. The van der Waals surface area contributed by atoms with Gasteiger partial charge in [0.15, 0.2) is 11.5 Å². The minimum atomic E-state index is -0.773. The Kier molecular flexibility index (Phi) is 5.96. The zero-order chi connectivity index (χ0) is 14.4. The Hall–Kier alpha value is -1.42. The fourth-order valence-electron chi connectivity index (χ4n) is 1.94. The molecule has 0 aliphatic heterocycles. The number of para-hydroxylation sites is 1. The van der Waals surface area contributed by atoms with Crippen LogP contribution in [0.5, 0.6) is 11.5 Å². The maximum atomic E-state index is 12.3. The van der Waals surface area contributed by atoms with Gasteiger partial charge in [0.1, 0.15) is 5.38 Å². The van der Waals surface area contributed by atoms with Gasteiger partial charge < -0.3 is 14.4 Å². The van der Waals surface area contributed by atoms with Crippen LogP contribution in [-0.4, -0.2) is 38.1 Å². The van der Waals surface area contributed by atoms with Crippen LogP contribution >= 0.6 is 11.6 Å². The zero-order valence-corrected chi connectivity index (χ0v) is 12.5. The Morgan fingerprint density at radius 3 is 2.37 bits per heavy atom. The number of methoxy groups -OCH3 is 2. The number of carbonyl (C=O) groups excluding carboxylic acids is 1. The molecular weight excluding hydrogens is 266 g/mol. The highest BCUT2D eigenvalue weighted by molar-refractivity contribution is 6.31. The first-order valence-electron chi connectivity index (χ1n) is 6.24. The number of nitrogens with zero attached hydrogens (tertiary/aromatic N) is 1. The average Bonchev–Trinajstić information content (AvgIpc) is 2.46. The van der Waals surface area contributed by atoms with Gasteiger partial charge in [-0.3, -0.25) is 4.79 Å². The van der Waals surface area contributed by atoms with Crippen molar-refractivity contribution < 1.29 is 14.3 Å². The molecule has 0 spiro atoms. The quantitative estimate of drug-likeness (QED) is 0.755. The molecule has 0 radical (unpaired) electrons. The molecule has 1 amide bonds. The Morgan fingerprint density at radius 2 is 1.89 bits per heavy atom. The highest BCUT2D eigenvalue weighted by Gasteiger charge is 2.26. The van der Waals surface area contributed by atoms with Gasteiger partial charge in [0.25, 0.3) is 0 Å². The maximum Gasteiger partial charge on any atom is 0.245 e. The highest BCUT2D eigenvalue weighted by Crippen LogP contribution is 2.37. The molecule has 1 rings (SSSR count). The van der Waals surface area contributed by atoms with Gasteiger partial charge in [0.05, 0.1) is 14.2 Å². The summed E-state index contributed by atoms with van der Waals surface area (Å²) < 4.78 is 10.5. The lowest BCUT2D eigenvalue weighted by Crippen LogP contribution is -2.33. The number of amides is 1. The molecule has 0 saturated heterocycles. The normalized spacial score (nSPS) is 11.8. The van der Waals surface area contributed by atoms with Crippen LogP contribution in [0.1, 0.15) is 24.8 Å². The number of hydrogen-bond donors (Lipinski definition) is 0. The van der Waals surface area contributed by atoms with Crippen LogP contribution in [0.25, 0.3) is 0 Å². The fraction of sp³-hybridized carbons (Fsp3) is 0.500. The number of alkyl halides is 1. The Balaban J connectivity index is 3.12. The SMILES string of the molecule is CCN(CC)C(=O)C(Cl)c1cccc(OC)c1OC. The molecule has 0 aliphatic rings. The van der Waals surface area contributed by atoms with E-state index in [0.717, 1.165) is 0 Å². The highest BCUT2D eigenvalue weighted by atomic mass is 35.5. The monoisotopic (exact) mass is 285 g/mol. The fourth-order valence-corrected chi connectivity index (χ4v) is 2.25. The van der Waals surface area contributed by atoms with Crippen molar-refractivity contribution in [3.05, 3.63) is 23.8 Å². The maximum absolute atomic E-state index is 12.3. The molecule has 0 heterocycles. The molecule has 1 unspecified atom stereocenters. The van der Waals surface area contributed by atoms with Crippen molar-refractivity contribution in [2.75, 3.05) is 27.3 Å². The van der Waals surface area contributed by atoms with Crippen molar-refractivity contribution >= 4 is 17.5 Å². The van der Waals surface area contributed by atoms with E-state index in [1.165, 1.54) is 7.11 Å². The van der Waals surface area contributed by atoms with Gasteiger partial charge in [-0.2, -0.15) is 0 Å². The van der Waals surface area contributed by atoms with Crippen molar-refractivity contribution in [2.45, 2.75) is 19.2 Å². The van der Waals surface area contributed by atoms with Crippen molar-refractivity contribution in [2.24, 2.45) is 0 Å². The number of carbonyl (C=O) groups is 1. The number of ether oxygens (including phenoxy) is 2. The van der Waals surface area contributed by atoms with Crippen LogP contribution in [0.15, 0.2) is 18.2 Å². The second-order valence-corrected chi connectivity index (χ2v) is 4.39. The summed E-state index contributed by atoms with van der Waals surface area (Å²) >= 11 is 6.30. The van der Waals surface area contributed by atoms with Crippen LogP contribution in [0.3, 0.4) is 0 Å². The smallest absolute Gasteiger partial charge is 0.245 e. The lowest BCUT2D eigenvalue weighted by Gasteiger charge is -2.23. The van der Waals surface area contributed by atoms with Crippen molar-refractivity contribution in [3.63, 3.8) is 0 Å². The number of hydrogen-bond acceptors (Lipinski definition) is 3. The number of benzene rings is 1. The minimum Gasteiger partial charge on any atom is -0.493 e. The van der Waals surface area contributed by atoms with Gasteiger partial charge >= 0.3 is 0 Å². The van der Waals surface area contributed by atoms with Crippen molar-refractivity contribution in [3.8, 4) is 11.5 Å². The van der Waals surface area contributed by atoms with E-state index in [4.69, 9.17) is 21.1 Å². The van der Waals surface area contributed by atoms with E-state index in [9.17, 15) is 4.79 Å². The molecule has 0 aromatic heterocycles. The molecule has 5 heteroatoms. The number of rotatable bonds is 6. The van der Waals surface area contributed by atoms with Crippen molar-refractivity contribution in [1.82, 2.24) is 4.90 Å². The lowest BCUT2D eigenvalue weighted by atomic mass is 10.1. The van der Waals surface area contributed by atoms with Gasteiger partial charge in [0, 0.05) is 18.7 Å². The summed E-state index contributed by atoms with van der Waals surface area (Å²) in [6.45, 7) is 5.11. The summed E-state index contributed by atoms with van der Waals surface area (Å²) in [7, 11) is 3.09. The van der Waals surface area contributed by atoms with E-state index in [2.05, 4.69) is 0 Å².